The van der Waals surface area contributed by atoms with Gasteiger partial charge in [-0.05, 0) is 52.0 Å². The van der Waals surface area contributed by atoms with Crippen LogP contribution in [0.1, 0.15) is 50.9 Å². The second-order valence-corrected chi connectivity index (χ2v) is 5.68. The van der Waals surface area contributed by atoms with Gasteiger partial charge in [-0.3, -0.25) is 9.59 Å². The van der Waals surface area contributed by atoms with E-state index in [0.717, 1.165) is 5.75 Å². The first-order chi connectivity index (χ1) is 9.31. The van der Waals surface area contributed by atoms with Crippen molar-refractivity contribution >= 4 is 11.7 Å². The molecule has 0 saturated heterocycles. The molecule has 0 aromatic heterocycles. The minimum absolute atomic E-state index is 0.0305. The highest BCUT2D eigenvalue weighted by Gasteiger charge is 2.15. The fraction of sp³-hybridized carbons (Fsp3) is 0.500. The van der Waals surface area contributed by atoms with Crippen LogP contribution in [0.25, 0.3) is 0 Å². The number of amides is 1. The van der Waals surface area contributed by atoms with Gasteiger partial charge in [-0.1, -0.05) is 0 Å². The lowest BCUT2D eigenvalue weighted by Gasteiger charge is -2.20. The fourth-order valence-corrected chi connectivity index (χ4v) is 1.76. The van der Waals surface area contributed by atoms with E-state index in [-0.39, 0.29) is 30.1 Å². The Morgan fingerprint density at radius 1 is 1.10 bits per heavy atom. The Morgan fingerprint density at radius 3 is 2.20 bits per heavy atom. The Morgan fingerprint density at radius 2 is 1.70 bits per heavy atom. The summed E-state index contributed by atoms with van der Waals surface area (Å²) < 4.78 is 5.32. The first kappa shape index (κ1) is 16.2. The number of ether oxygens (including phenoxy) is 1. The van der Waals surface area contributed by atoms with Crippen molar-refractivity contribution in [3.63, 3.8) is 0 Å². The van der Waals surface area contributed by atoms with E-state index in [9.17, 15) is 9.59 Å². The number of hydrogen-bond acceptors (Lipinski definition) is 3. The molecule has 0 unspecified atom stereocenters. The molecule has 1 aromatic carbocycles. The van der Waals surface area contributed by atoms with E-state index >= 15 is 0 Å². The zero-order valence-electron chi connectivity index (χ0n) is 12.7. The van der Waals surface area contributed by atoms with Crippen molar-refractivity contribution < 1.29 is 14.3 Å². The predicted octanol–water partition coefficient (Wildman–Crippen LogP) is 2.96. The molecule has 1 aromatic rings. The standard InChI is InChI=1S/C16H23NO3/c1-5-20-13-8-6-12(7-9-13)14(18)10-11-15(19)17-16(2,3)4/h6-9H,5,10-11H2,1-4H3,(H,17,19). The van der Waals surface area contributed by atoms with Gasteiger partial charge in [0, 0.05) is 23.9 Å². The molecule has 0 heterocycles. The molecule has 4 heteroatoms. The van der Waals surface area contributed by atoms with Gasteiger partial charge in [-0.15, -0.1) is 0 Å². The molecular formula is C16H23NO3. The lowest BCUT2D eigenvalue weighted by Crippen LogP contribution is -2.40. The Labute approximate surface area is 120 Å². The molecule has 4 nitrogen and oxygen atoms in total. The van der Waals surface area contributed by atoms with Gasteiger partial charge >= 0.3 is 0 Å². The summed E-state index contributed by atoms with van der Waals surface area (Å²) in [7, 11) is 0. The average molecular weight is 277 g/mol. The van der Waals surface area contributed by atoms with E-state index in [1.54, 1.807) is 24.3 Å². The SMILES string of the molecule is CCOc1ccc(C(=O)CCC(=O)NC(C)(C)C)cc1. The van der Waals surface area contributed by atoms with Crippen LogP contribution in [0.4, 0.5) is 0 Å². The number of hydrogen-bond donors (Lipinski definition) is 1. The molecule has 0 aliphatic heterocycles. The molecule has 0 bridgehead atoms. The van der Waals surface area contributed by atoms with Crippen LogP contribution in [0, 0.1) is 0 Å². The zero-order valence-corrected chi connectivity index (χ0v) is 12.7. The smallest absolute Gasteiger partial charge is 0.220 e. The summed E-state index contributed by atoms with van der Waals surface area (Å²) in [5, 5.41) is 2.84. The van der Waals surface area contributed by atoms with E-state index in [0.29, 0.717) is 12.2 Å². The van der Waals surface area contributed by atoms with Crippen molar-refractivity contribution in [3.05, 3.63) is 29.8 Å². The molecule has 0 aliphatic rings. The van der Waals surface area contributed by atoms with Crippen LogP contribution in [-0.4, -0.2) is 23.8 Å². The van der Waals surface area contributed by atoms with Crippen LogP contribution < -0.4 is 10.1 Å². The zero-order chi connectivity index (χ0) is 15.2. The molecule has 0 spiro atoms. The van der Waals surface area contributed by atoms with Crippen LogP contribution in [-0.2, 0) is 4.79 Å². The second-order valence-electron chi connectivity index (χ2n) is 5.68. The van der Waals surface area contributed by atoms with E-state index in [2.05, 4.69) is 5.32 Å². The minimum Gasteiger partial charge on any atom is -0.494 e. The van der Waals surface area contributed by atoms with Crippen molar-refractivity contribution in [2.45, 2.75) is 46.1 Å². The number of benzene rings is 1. The van der Waals surface area contributed by atoms with Crippen molar-refractivity contribution in [3.8, 4) is 5.75 Å². The molecule has 20 heavy (non-hydrogen) atoms. The molecule has 110 valence electrons. The molecule has 1 amide bonds. The molecule has 1 rings (SSSR count). The summed E-state index contributed by atoms with van der Waals surface area (Å²) in [6.07, 6.45) is 0.430. The first-order valence-corrected chi connectivity index (χ1v) is 6.89. The third-order valence-electron chi connectivity index (χ3n) is 2.58. The van der Waals surface area contributed by atoms with Gasteiger partial charge < -0.3 is 10.1 Å². The lowest BCUT2D eigenvalue weighted by atomic mass is 10.0. The van der Waals surface area contributed by atoms with Crippen molar-refractivity contribution in [2.24, 2.45) is 0 Å². The Bertz CT molecular complexity index is 458. The van der Waals surface area contributed by atoms with E-state index in [1.807, 2.05) is 27.7 Å². The minimum atomic E-state index is -0.265. The van der Waals surface area contributed by atoms with Gasteiger partial charge in [0.1, 0.15) is 5.75 Å². The number of nitrogens with one attached hydrogen (secondary N) is 1. The molecule has 0 atom stereocenters. The van der Waals surface area contributed by atoms with Gasteiger partial charge in [-0.25, -0.2) is 0 Å². The fourth-order valence-electron chi connectivity index (χ4n) is 1.76. The maximum Gasteiger partial charge on any atom is 0.220 e. The molecule has 0 radical (unpaired) electrons. The molecule has 0 fully saturated rings. The summed E-state index contributed by atoms with van der Waals surface area (Å²) in [5.74, 6) is 0.614. The van der Waals surface area contributed by atoms with E-state index < -0.39 is 0 Å². The summed E-state index contributed by atoms with van der Waals surface area (Å²) in [4.78, 5) is 23.6. The molecule has 0 saturated carbocycles. The molecule has 1 N–H and O–H groups in total. The number of carbonyl (C=O) groups is 2. The largest absolute Gasteiger partial charge is 0.494 e. The van der Waals surface area contributed by atoms with Gasteiger partial charge in [0.2, 0.25) is 5.91 Å². The van der Waals surface area contributed by atoms with E-state index in [1.165, 1.54) is 0 Å². The molecule has 0 aliphatic carbocycles. The van der Waals surface area contributed by atoms with Crippen molar-refractivity contribution in [1.82, 2.24) is 5.32 Å². The van der Waals surface area contributed by atoms with Gasteiger partial charge in [0.25, 0.3) is 0 Å². The topological polar surface area (TPSA) is 55.4 Å². The summed E-state index contributed by atoms with van der Waals surface area (Å²) in [6.45, 7) is 8.25. The number of Topliss-reactive ketones (excluding diaryl/α,β-unsaturated/α-hetero) is 1. The van der Waals surface area contributed by atoms with Crippen LogP contribution in [0.2, 0.25) is 0 Å². The van der Waals surface area contributed by atoms with Crippen LogP contribution >= 0.6 is 0 Å². The van der Waals surface area contributed by atoms with Gasteiger partial charge in [-0.2, -0.15) is 0 Å². The number of rotatable bonds is 6. The second kappa shape index (κ2) is 7.08. The predicted molar refractivity (Wildman–Crippen MR) is 79.1 cm³/mol. The highest BCUT2D eigenvalue weighted by atomic mass is 16.5. The first-order valence-electron chi connectivity index (χ1n) is 6.89. The summed E-state index contributed by atoms with van der Waals surface area (Å²) >= 11 is 0. The lowest BCUT2D eigenvalue weighted by molar-refractivity contribution is -0.122. The van der Waals surface area contributed by atoms with Crippen LogP contribution in [0.3, 0.4) is 0 Å². The molecular weight excluding hydrogens is 254 g/mol. The summed E-state index contributed by atoms with van der Waals surface area (Å²) in [5.41, 5.74) is 0.344. The number of carbonyl (C=O) groups excluding carboxylic acids is 2. The van der Waals surface area contributed by atoms with Crippen molar-refractivity contribution in [2.75, 3.05) is 6.61 Å². The summed E-state index contributed by atoms with van der Waals surface area (Å²) in [6, 6.07) is 7.00. The third-order valence-corrected chi connectivity index (χ3v) is 2.58. The maximum atomic E-state index is 12.0. The third kappa shape index (κ3) is 5.87. The highest BCUT2D eigenvalue weighted by Crippen LogP contribution is 2.14. The average Bonchev–Trinajstić information content (AvgIpc) is 2.35. The Hall–Kier alpha value is -1.84. The van der Waals surface area contributed by atoms with E-state index in [4.69, 9.17) is 4.74 Å². The highest BCUT2D eigenvalue weighted by molar-refractivity contribution is 5.98. The number of ketones is 1. The van der Waals surface area contributed by atoms with Gasteiger partial charge in [0.15, 0.2) is 5.78 Å². The normalized spacial score (nSPS) is 11.0. The monoisotopic (exact) mass is 277 g/mol. The van der Waals surface area contributed by atoms with Gasteiger partial charge in [0.05, 0.1) is 6.61 Å². The Balaban J connectivity index is 2.48. The van der Waals surface area contributed by atoms with Crippen molar-refractivity contribution in [1.29, 1.82) is 0 Å². The maximum absolute atomic E-state index is 12.0. The van der Waals surface area contributed by atoms with Crippen LogP contribution in [0.5, 0.6) is 5.75 Å². The quantitative estimate of drug-likeness (QED) is 0.813. The Kier molecular flexibility index (Phi) is 5.74. The van der Waals surface area contributed by atoms with Crippen LogP contribution in [0.15, 0.2) is 24.3 Å².